The molecule has 0 saturated carbocycles. The lowest BCUT2D eigenvalue weighted by atomic mass is 9.86. The van der Waals surface area contributed by atoms with Gasteiger partial charge in [-0.25, -0.2) is 17.9 Å². The molecule has 178 valence electrons. The van der Waals surface area contributed by atoms with Crippen molar-refractivity contribution in [3.8, 4) is 11.3 Å². The van der Waals surface area contributed by atoms with Crippen LogP contribution in [0.5, 0.6) is 0 Å². The van der Waals surface area contributed by atoms with E-state index in [2.05, 4.69) is 20.7 Å². The van der Waals surface area contributed by atoms with Crippen LogP contribution in [0.1, 0.15) is 25.8 Å². The smallest absolute Gasteiger partial charge is 0.245 e. The second-order valence-corrected chi connectivity index (χ2v) is 11.4. The van der Waals surface area contributed by atoms with Gasteiger partial charge in [0, 0.05) is 23.5 Å². The number of fused-ring (bicyclic) bond motifs is 2. The standard InChI is InChI=1S/C25H24N6O3S/c1-25(2)20-9-7-17(14-21(20)28-23(25)32)27-24-26-15-19-8-10-22(31(19)29-24)16-5-3-6-18(13-16)30-11-4-12-35(30,33)34/h3,5-10,13-15H,4,11-12H2,1-2H3,(H,27,29)(H,28,32). The number of carbonyl (C=O) groups excluding carboxylic acids is 1. The van der Waals surface area contributed by atoms with Crippen molar-refractivity contribution >= 4 is 44.5 Å². The Balaban J connectivity index is 1.33. The first-order valence-electron chi connectivity index (χ1n) is 11.4. The fraction of sp³-hybridized carbons (Fsp3) is 0.240. The number of rotatable bonds is 4. The van der Waals surface area contributed by atoms with Crippen LogP contribution in [0.4, 0.5) is 23.0 Å². The van der Waals surface area contributed by atoms with Crippen molar-refractivity contribution in [2.45, 2.75) is 25.7 Å². The normalized spacial score (nSPS) is 18.0. The molecule has 0 unspecified atom stereocenters. The van der Waals surface area contributed by atoms with Gasteiger partial charge in [-0.05, 0) is 62.2 Å². The van der Waals surface area contributed by atoms with Gasteiger partial charge >= 0.3 is 0 Å². The number of carbonyl (C=O) groups is 1. The maximum absolute atomic E-state index is 12.4. The van der Waals surface area contributed by atoms with E-state index in [0.29, 0.717) is 24.6 Å². The molecule has 0 radical (unpaired) electrons. The predicted octanol–water partition coefficient (Wildman–Crippen LogP) is 3.91. The van der Waals surface area contributed by atoms with Gasteiger partial charge in [0.15, 0.2) is 0 Å². The van der Waals surface area contributed by atoms with Gasteiger partial charge in [-0.2, -0.15) is 0 Å². The molecule has 4 heterocycles. The van der Waals surface area contributed by atoms with E-state index in [0.717, 1.165) is 33.7 Å². The Morgan fingerprint density at radius 2 is 1.94 bits per heavy atom. The second-order valence-electron chi connectivity index (χ2n) is 9.39. The molecule has 2 aliphatic heterocycles. The first-order chi connectivity index (χ1) is 16.7. The Kier molecular flexibility index (Phi) is 4.65. The molecule has 2 aromatic carbocycles. The van der Waals surface area contributed by atoms with Crippen molar-refractivity contribution < 1.29 is 13.2 Å². The molecule has 2 aromatic heterocycles. The van der Waals surface area contributed by atoms with Gasteiger partial charge in [-0.3, -0.25) is 9.10 Å². The summed E-state index contributed by atoms with van der Waals surface area (Å²) in [6, 6.07) is 17.1. The van der Waals surface area contributed by atoms with Gasteiger partial charge in [0.2, 0.25) is 21.9 Å². The van der Waals surface area contributed by atoms with Gasteiger partial charge in [-0.15, -0.1) is 5.10 Å². The summed E-state index contributed by atoms with van der Waals surface area (Å²) < 4.78 is 28.0. The molecule has 6 rings (SSSR count). The maximum atomic E-state index is 12.4. The molecule has 1 amide bonds. The maximum Gasteiger partial charge on any atom is 0.245 e. The lowest BCUT2D eigenvalue weighted by Gasteiger charge is -2.17. The molecular formula is C25H24N6O3S. The zero-order chi connectivity index (χ0) is 24.4. The molecule has 0 atom stereocenters. The third kappa shape index (κ3) is 3.52. The molecule has 0 spiro atoms. The van der Waals surface area contributed by atoms with E-state index in [-0.39, 0.29) is 11.7 Å². The molecular weight excluding hydrogens is 464 g/mol. The minimum absolute atomic E-state index is 0.0248. The third-order valence-corrected chi connectivity index (χ3v) is 8.56. The van der Waals surface area contributed by atoms with Crippen LogP contribution >= 0.6 is 0 Å². The van der Waals surface area contributed by atoms with Crippen molar-refractivity contribution in [2.75, 3.05) is 27.2 Å². The lowest BCUT2D eigenvalue weighted by molar-refractivity contribution is -0.119. The molecule has 1 fully saturated rings. The number of sulfonamides is 1. The molecule has 10 heteroatoms. The van der Waals surface area contributed by atoms with Crippen molar-refractivity contribution in [2.24, 2.45) is 0 Å². The number of nitrogens with one attached hydrogen (secondary N) is 2. The van der Waals surface area contributed by atoms with E-state index < -0.39 is 15.4 Å². The molecule has 35 heavy (non-hydrogen) atoms. The number of hydrogen-bond acceptors (Lipinski definition) is 6. The minimum atomic E-state index is -3.26. The van der Waals surface area contributed by atoms with Crippen LogP contribution in [0.25, 0.3) is 16.8 Å². The topological polar surface area (TPSA) is 109 Å². The van der Waals surface area contributed by atoms with Gasteiger partial charge in [0.25, 0.3) is 0 Å². The van der Waals surface area contributed by atoms with Crippen LogP contribution in [0.15, 0.2) is 60.8 Å². The van der Waals surface area contributed by atoms with Crippen LogP contribution in [0, 0.1) is 0 Å². The molecule has 1 saturated heterocycles. The Morgan fingerprint density at radius 3 is 2.74 bits per heavy atom. The first kappa shape index (κ1) is 21.6. The van der Waals surface area contributed by atoms with E-state index in [1.807, 2.05) is 68.4 Å². The summed E-state index contributed by atoms with van der Waals surface area (Å²) in [7, 11) is -3.26. The Bertz CT molecular complexity index is 1610. The number of hydrogen-bond donors (Lipinski definition) is 2. The number of amides is 1. The van der Waals surface area contributed by atoms with Gasteiger partial charge < -0.3 is 10.6 Å². The number of anilines is 4. The summed E-state index contributed by atoms with van der Waals surface area (Å²) in [5.41, 5.74) is 5.09. The highest BCUT2D eigenvalue weighted by Gasteiger charge is 2.38. The van der Waals surface area contributed by atoms with Crippen molar-refractivity contribution in [3.05, 3.63) is 66.4 Å². The summed E-state index contributed by atoms with van der Waals surface area (Å²) in [5.74, 6) is 0.553. The zero-order valence-corrected chi connectivity index (χ0v) is 20.1. The molecule has 2 N–H and O–H groups in total. The molecule has 0 bridgehead atoms. The van der Waals surface area contributed by atoms with Crippen molar-refractivity contribution in [1.82, 2.24) is 14.6 Å². The summed E-state index contributed by atoms with van der Waals surface area (Å²) >= 11 is 0. The monoisotopic (exact) mass is 488 g/mol. The fourth-order valence-electron chi connectivity index (χ4n) is 4.73. The second kappa shape index (κ2) is 7.54. The Morgan fingerprint density at radius 1 is 1.09 bits per heavy atom. The highest BCUT2D eigenvalue weighted by atomic mass is 32.2. The first-order valence-corrected chi connectivity index (χ1v) is 13.0. The van der Waals surface area contributed by atoms with Crippen molar-refractivity contribution in [1.29, 1.82) is 0 Å². The third-order valence-electron chi connectivity index (χ3n) is 6.69. The summed E-state index contributed by atoms with van der Waals surface area (Å²) in [4.78, 5) is 16.7. The Labute approximate surface area is 202 Å². The van der Waals surface area contributed by atoms with Gasteiger partial charge in [-0.1, -0.05) is 18.2 Å². The van der Waals surface area contributed by atoms with E-state index in [4.69, 9.17) is 0 Å². The average molecular weight is 489 g/mol. The van der Waals surface area contributed by atoms with E-state index in [9.17, 15) is 13.2 Å². The molecule has 9 nitrogen and oxygen atoms in total. The largest absolute Gasteiger partial charge is 0.325 e. The Hall–Kier alpha value is -3.92. The molecule has 0 aliphatic carbocycles. The lowest BCUT2D eigenvalue weighted by Crippen LogP contribution is -2.26. The quantitative estimate of drug-likeness (QED) is 0.451. The zero-order valence-electron chi connectivity index (χ0n) is 19.3. The van der Waals surface area contributed by atoms with E-state index in [1.54, 1.807) is 10.7 Å². The molecule has 2 aliphatic rings. The van der Waals surface area contributed by atoms with Gasteiger partial charge in [0.05, 0.1) is 34.3 Å². The van der Waals surface area contributed by atoms with E-state index in [1.165, 1.54) is 4.31 Å². The number of nitrogens with zero attached hydrogens (tertiary/aromatic N) is 4. The highest BCUT2D eigenvalue weighted by molar-refractivity contribution is 7.93. The van der Waals surface area contributed by atoms with Gasteiger partial charge in [0.1, 0.15) is 0 Å². The minimum Gasteiger partial charge on any atom is -0.325 e. The SMILES string of the molecule is CC1(C)C(=O)Nc2cc(Nc3ncc4ccc(-c5cccc(N6CCCS6(=O)=O)c5)n4n3)ccc21. The summed E-state index contributed by atoms with van der Waals surface area (Å²) in [6.45, 7) is 4.30. The number of aromatic nitrogens is 3. The van der Waals surface area contributed by atoms with Crippen LogP contribution in [-0.2, 0) is 20.2 Å². The average Bonchev–Trinajstić information content (AvgIpc) is 3.47. The predicted molar refractivity (Wildman–Crippen MR) is 136 cm³/mol. The fourth-order valence-corrected chi connectivity index (χ4v) is 6.28. The van der Waals surface area contributed by atoms with Crippen LogP contribution in [0.3, 0.4) is 0 Å². The summed E-state index contributed by atoms with van der Waals surface area (Å²) in [6.07, 6.45) is 2.36. The van der Waals surface area contributed by atoms with E-state index >= 15 is 0 Å². The number of benzene rings is 2. The van der Waals surface area contributed by atoms with Crippen LogP contribution in [-0.4, -0.2) is 41.2 Å². The summed E-state index contributed by atoms with van der Waals surface area (Å²) in [5, 5.41) is 10.8. The highest BCUT2D eigenvalue weighted by Crippen LogP contribution is 2.39. The van der Waals surface area contributed by atoms with Crippen LogP contribution in [0.2, 0.25) is 0 Å². The van der Waals surface area contributed by atoms with Crippen molar-refractivity contribution in [3.63, 3.8) is 0 Å². The molecule has 4 aromatic rings. The van der Waals surface area contributed by atoms with Crippen LogP contribution < -0.4 is 14.9 Å².